The number of hydrogen-bond donors (Lipinski definition) is 0. The van der Waals surface area contributed by atoms with Crippen molar-refractivity contribution in [1.82, 2.24) is 0 Å². The molecule has 11 nitrogen and oxygen atoms in total. The Kier molecular flexibility index (Phi) is 5.42. The second-order valence-corrected chi connectivity index (χ2v) is 8.31. The van der Waals surface area contributed by atoms with Gasteiger partial charge in [-0.3, -0.25) is 34.7 Å². The maximum atomic E-state index is 13.6. The minimum absolute atomic E-state index is 0.152. The number of imide groups is 1. The summed E-state index contributed by atoms with van der Waals surface area (Å²) in [5, 5.41) is 23.9. The van der Waals surface area contributed by atoms with E-state index in [1.165, 1.54) is 47.5 Å². The average molecular weight is 495 g/mol. The van der Waals surface area contributed by atoms with Gasteiger partial charge in [0, 0.05) is 34.9 Å². The molecule has 5 rings (SSSR count). The Hall–Kier alpha value is -4.35. The molecule has 0 radical (unpaired) electrons. The second kappa shape index (κ2) is 8.46. The standard InChI is InChI=1S/C23H15ClN4O7/c24-18-11-10-16(28(33)34)12-17(18)20-19-21(35-26(20)14-4-2-1-3-5-14)23(30)25(22(19)29)13-6-8-15(9-7-13)27(31)32/h1-12,19-21H/t19-,20+,21-/m1/s1. The SMILES string of the molecule is O=C1[C@H]2[C@@H](ON(c3ccccc3)[C@H]2c2cc([N+](=O)[O-])ccc2Cl)C(=O)N1c1ccc([N+](=O)[O-])cc1. The molecular formula is C23H15ClN4O7. The van der Waals surface area contributed by atoms with Gasteiger partial charge in [-0.2, -0.15) is 0 Å². The number of anilines is 2. The van der Waals surface area contributed by atoms with Gasteiger partial charge in [-0.25, -0.2) is 9.96 Å². The maximum absolute atomic E-state index is 13.6. The van der Waals surface area contributed by atoms with Crippen LogP contribution in [0.2, 0.25) is 5.02 Å². The molecule has 35 heavy (non-hydrogen) atoms. The molecule has 2 saturated heterocycles. The van der Waals surface area contributed by atoms with Crippen LogP contribution in [-0.4, -0.2) is 27.8 Å². The number of para-hydroxylation sites is 1. The van der Waals surface area contributed by atoms with Gasteiger partial charge in [0.15, 0.2) is 6.10 Å². The second-order valence-electron chi connectivity index (χ2n) is 7.91. The van der Waals surface area contributed by atoms with Crippen LogP contribution in [0.3, 0.4) is 0 Å². The van der Waals surface area contributed by atoms with Gasteiger partial charge in [-0.15, -0.1) is 0 Å². The average Bonchev–Trinajstić information content (AvgIpc) is 3.35. The lowest BCUT2D eigenvalue weighted by atomic mass is 9.90. The van der Waals surface area contributed by atoms with Crippen LogP contribution in [0.15, 0.2) is 72.8 Å². The number of carbonyl (C=O) groups is 2. The molecule has 2 heterocycles. The Morgan fingerprint density at radius 2 is 1.43 bits per heavy atom. The van der Waals surface area contributed by atoms with Crippen molar-refractivity contribution in [1.29, 1.82) is 0 Å². The number of carbonyl (C=O) groups excluding carboxylic acids is 2. The smallest absolute Gasteiger partial charge is 0.269 e. The fourth-order valence-corrected chi connectivity index (χ4v) is 4.61. The van der Waals surface area contributed by atoms with Gasteiger partial charge in [-0.1, -0.05) is 29.8 Å². The molecule has 0 saturated carbocycles. The fourth-order valence-electron chi connectivity index (χ4n) is 4.38. The van der Waals surface area contributed by atoms with Crippen molar-refractivity contribution in [2.45, 2.75) is 12.1 Å². The van der Waals surface area contributed by atoms with Crippen LogP contribution in [0, 0.1) is 26.1 Å². The molecule has 0 aliphatic carbocycles. The van der Waals surface area contributed by atoms with Gasteiger partial charge in [0.2, 0.25) is 5.91 Å². The molecule has 0 aromatic heterocycles. The van der Waals surface area contributed by atoms with Crippen LogP contribution in [-0.2, 0) is 14.4 Å². The van der Waals surface area contributed by atoms with Crippen molar-refractivity contribution in [3.8, 4) is 0 Å². The van der Waals surface area contributed by atoms with E-state index in [9.17, 15) is 29.8 Å². The first-order valence-electron chi connectivity index (χ1n) is 10.3. The van der Waals surface area contributed by atoms with E-state index < -0.39 is 39.7 Å². The van der Waals surface area contributed by atoms with Gasteiger partial charge in [0.1, 0.15) is 5.92 Å². The lowest BCUT2D eigenvalue weighted by Gasteiger charge is -2.29. The Labute approximate surface area is 202 Å². The van der Waals surface area contributed by atoms with E-state index in [0.29, 0.717) is 5.69 Å². The van der Waals surface area contributed by atoms with E-state index in [1.54, 1.807) is 30.3 Å². The topological polar surface area (TPSA) is 136 Å². The van der Waals surface area contributed by atoms with Crippen LogP contribution in [0.4, 0.5) is 22.7 Å². The zero-order valence-corrected chi connectivity index (χ0v) is 18.4. The minimum Gasteiger partial charge on any atom is -0.273 e. The van der Waals surface area contributed by atoms with Gasteiger partial charge < -0.3 is 0 Å². The Morgan fingerprint density at radius 3 is 2.06 bits per heavy atom. The Morgan fingerprint density at radius 1 is 0.800 bits per heavy atom. The minimum atomic E-state index is -1.22. The zero-order valence-electron chi connectivity index (χ0n) is 17.7. The van der Waals surface area contributed by atoms with Crippen LogP contribution >= 0.6 is 11.6 Å². The molecule has 3 atom stereocenters. The normalized spacial score (nSPS) is 21.3. The van der Waals surface area contributed by atoms with Crippen LogP contribution < -0.4 is 9.96 Å². The summed E-state index contributed by atoms with van der Waals surface area (Å²) in [6, 6.07) is 16.6. The van der Waals surface area contributed by atoms with Gasteiger partial charge in [-0.05, 0) is 30.3 Å². The van der Waals surface area contributed by atoms with Gasteiger partial charge in [0.25, 0.3) is 17.3 Å². The van der Waals surface area contributed by atoms with Crippen molar-refractivity contribution in [2.24, 2.45) is 5.92 Å². The number of halogens is 1. The van der Waals surface area contributed by atoms with E-state index in [2.05, 4.69) is 0 Å². The third-order valence-corrected chi connectivity index (χ3v) is 6.30. The van der Waals surface area contributed by atoms with Gasteiger partial charge in [0.05, 0.1) is 27.3 Å². The van der Waals surface area contributed by atoms with Crippen molar-refractivity contribution in [3.05, 3.63) is 104 Å². The number of fused-ring (bicyclic) bond motifs is 1. The molecule has 0 N–H and O–H groups in total. The zero-order chi connectivity index (χ0) is 24.9. The number of benzene rings is 3. The number of non-ortho nitro benzene ring substituents is 2. The quantitative estimate of drug-likeness (QED) is 0.292. The first kappa shape index (κ1) is 22.4. The highest BCUT2D eigenvalue weighted by Gasteiger charge is 2.60. The highest BCUT2D eigenvalue weighted by molar-refractivity contribution is 6.31. The summed E-state index contributed by atoms with van der Waals surface area (Å²) < 4.78 is 0. The van der Waals surface area contributed by atoms with E-state index in [-0.39, 0.29) is 27.6 Å². The van der Waals surface area contributed by atoms with Crippen molar-refractivity contribution < 1.29 is 24.3 Å². The summed E-state index contributed by atoms with van der Waals surface area (Å²) in [6.07, 6.45) is -1.22. The summed E-state index contributed by atoms with van der Waals surface area (Å²) in [5.41, 5.74) is 0.505. The van der Waals surface area contributed by atoms with E-state index in [4.69, 9.17) is 16.4 Å². The number of rotatable bonds is 5. The van der Waals surface area contributed by atoms with Gasteiger partial charge >= 0.3 is 0 Å². The molecule has 2 aliphatic rings. The summed E-state index contributed by atoms with van der Waals surface area (Å²) in [5.74, 6) is -2.34. The largest absolute Gasteiger partial charge is 0.273 e. The molecule has 2 fully saturated rings. The highest BCUT2D eigenvalue weighted by Crippen LogP contribution is 2.49. The van der Waals surface area contributed by atoms with E-state index >= 15 is 0 Å². The number of amides is 2. The summed E-state index contributed by atoms with van der Waals surface area (Å²) in [6.45, 7) is 0. The molecule has 3 aromatic carbocycles. The molecule has 0 spiro atoms. The number of nitro benzene ring substituents is 2. The van der Waals surface area contributed by atoms with Crippen LogP contribution in [0.5, 0.6) is 0 Å². The highest BCUT2D eigenvalue weighted by atomic mass is 35.5. The molecule has 2 amide bonds. The van der Waals surface area contributed by atoms with Crippen LogP contribution in [0.1, 0.15) is 11.6 Å². The molecule has 12 heteroatoms. The summed E-state index contributed by atoms with van der Waals surface area (Å²) in [4.78, 5) is 55.0. The molecule has 3 aromatic rings. The lowest BCUT2D eigenvalue weighted by Crippen LogP contribution is -2.37. The summed E-state index contributed by atoms with van der Waals surface area (Å²) in [7, 11) is 0. The summed E-state index contributed by atoms with van der Waals surface area (Å²) >= 11 is 6.43. The molecular weight excluding hydrogens is 480 g/mol. The number of hydrogen-bond acceptors (Lipinski definition) is 8. The lowest BCUT2D eigenvalue weighted by molar-refractivity contribution is -0.385. The first-order valence-corrected chi connectivity index (χ1v) is 10.7. The van der Waals surface area contributed by atoms with Crippen molar-refractivity contribution in [2.75, 3.05) is 9.96 Å². The Balaban J connectivity index is 1.60. The third kappa shape index (κ3) is 3.66. The monoisotopic (exact) mass is 494 g/mol. The van der Waals surface area contributed by atoms with E-state index in [1.807, 2.05) is 0 Å². The first-order chi connectivity index (χ1) is 16.8. The maximum Gasteiger partial charge on any atom is 0.269 e. The fraction of sp³-hybridized carbons (Fsp3) is 0.130. The molecule has 176 valence electrons. The predicted molar refractivity (Wildman–Crippen MR) is 124 cm³/mol. The number of nitrogens with zero attached hydrogens (tertiary/aromatic N) is 4. The van der Waals surface area contributed by atoms with Crippen molar-refractivity contribution >= 4 is 46.2 Å². The van der Waals surface area contributed by atoms with Crippen molar-refractivity contribution in [3.63, 3.8) is 0 Å². The molecule has 2 aliphatic heterocycles. The third-order valence-electron chi connectivity index (χ3n) is 5.95. The predicted octanol–water partition coefficient (Wildman–Crippen LogP) is 4.21. The van der Waals surface area contributed by atoms with E-state index in [0.717, 1.165) is 4.90 Å². The molecule has 0 bridgehead atoms. The molecule has 0 unspecified atom stereocenters. The Bertz CT molecular complexity index is 1370. The number of nitro groups is 2. The van der Waals surface area contributed by atoms with Crippen LogP contribution in [0.25, 0.3) is 0 Å². The number of hydroxylamine groups is 1.